The van der Waals surface area contributed by atoms with Crippen LogP contribution in [0.25, 0.3) is 11.0 Å². The van der Waals surface area contributed by atoms with E-state index in [4.69, 9.17) is 0 Å². The number of para-hydroxylation sites is 2. The first-order valence-corrected chi connectivity index (χ1v) is 10.0. The van der Waals surface area contributed by atoms with Crippen LogP contribution in [0, 0.1) is 13.8 Å². The van der Waals surface area contributed by atoms with E-state index >= 15 is 0 Å². The van der Waals surface area contributed by atoms with E-state index in [9.17, 15) is 14.4 Å². The highest BCUT2D eigenvalue weighted by molar-refractivity contribution is 5.99. The highest BCUT2D eigenvalue weighted by atomic mass is 16.2. The molecule has 0 aliphatic heterocycles. The second-order valence-corrected chi connectivity index (χ2v) is 7.29. The summed E-state index contributed by atoms with van der Waals surface area (Å²) in [4.78, 5) is 41.3. The number of carbonyl (C=O) groups excluding carboxylic acids is 3. The lowest BCUT2D eigenvalue weighted by molar-refractivity contribution is -0.129. The van der Waals surface area contributed by atoms with Gasteiger partial charge in [0, 0.05) is 24.8 Å². The monoisotopic (exact) mass is 406 g/mol. The largest absolute Gasteiger partial charge is 0.318 e. The molecule has 2 aromatic carbocycles. The van der Waals surface area contributed by atoms with Crippen molar-refractivity contribution in [1.82, 2.24) is 20.4 Å². The SMILES string of the molecule is CCc1nc2ccccc2n1CC(=O)NNC(=O)CCC(=O)c1cc(C)ccc1C. The predicted molar refractivity (Wildman–Crippen MR) is 115 cm³/mol. The molecule has 1 aromatic heterocycles. The molecule has 0 saturated carbocycles. The van der Waals surface area contributed by atoms with Crippen LogP contribution in [0.4, 0.5) is 0 Å². The van der Waals surface area contributed by atoms with Gasteiger partial charge in [0.15, 0.2) is 5.78 Å². The van der Waals surface area contributed by atoms with Gasteiger partial charge in [-0.05, 0) is 37.6 Å². The molecule has 0 radical (unpaired) electrons. The molecule has 0 fully saturated rings. The van der Waals surface area contributed by atoms with Crippen molar-refractivity contribution in [2.24, 2.45) is 0 Å². The molecular formula is C23H26N4O3. The quantitative estimate of drug-likeness (QED) is 0.466. The van der Waals surface area contributed by atoms with E-state index in [0.29, 0.717) is 12.0 Å². The van der Waals surface area contributed by atoms with Gasteiger partial charge in [-0.3, -0.25) is 25.2 Å². The van der Waals surface area contributed by atoms with Crippen molar-refractivity contribution in [2.45, 2.75) is 46.6 Å². The molecule has 2 amide bonds. The van der Waals surface area contributed by atoms with Gasteiger partial charge in [0.05, 0.1) is 11.0 Å². The molecule has 7 heteroatoms. The van der Waals surface area contributed by atoms with Crippen molar-refractivity contribution in [3.05, 3.63) is 65.0 Å². The van der Waals surface area contributed by atoms with Crippen molar-refractivity contribution >= 4 is 28.6 Å². The third-order valence-electron chi connectivity index (χ3n) is 4.97. The number of nitrogens with zero attached hydrogens (tertiary/aromatic N) is 2. The molecular weight excluding hydrogens is 380 g/mol. The average molecular weight is 406 g/mol. The zero-order valence-corrected chi connectivity index (χ0v) is 17.5. The molecule has 3 rings (SSSR count). The van der Waals surface area contributed by atoms with Crippen LogP contribution in [0.3, 0.4) is 0 Å². The highest BCUT2D eigenvalue weighted by Gasteiger charge is 2.14. The summed E-state index contributed by atoms with van der Waals surface area (Å²) >= 11 is 0. The minimum Gasteiger partial charge on any atom is -0.318 e. The number of fused-ring (bicyclic) bond motifs is 1. The Bertz CT molecular complexity index is 1100. The molecule has 0 unspecified atom stereocenters. The van der Waals surface area contributed by atoms with Crippen LogP contribution in [0.2, 0.25) is 0 Å². The van der Waals surface area contributed by atoms with Crippen molar-refractivity contribution in [2.75, 3.05) is 0 Å². The number of carbonyl (C=O) groups is 3. The van der Waals surface area contributed by atoms with Crippen LogP contribution in [-0.2, 0) is 22.6 Å². The number of hydrogen-bond donors (Lipinski definition) is 2. The van der Waals surface area contributed by atoms with E-state index in [1.165, 1.54) is 0 Å². The number of imidazole rings is 1. The van der Waals surface area contributed by atoms with Crippen LogP contribution >= 0.6 is 0 Å². The van der Waals surface area contributed by atoms with E-state index in [1.807, 2.05) is 67.8 Å². The Kier molecular flexibility index (Phi) is 6.61. The van der Waals surface area contributed by atoms with Crippen LogP contribution in [0.15, 0.2) is 42.5 Å². The predicted octanol–water partition coefficient (Wildman–Crippen LogP) is 3.03. The number of hydrazine groups is 1. The molecule has 156 valence electrons. The maximum absolute atomic E-state index is 12.4. The lowest BCUT2D eigenvalue weighted by Gasteiger charge is -2.10. The number of amides is 2. The highest BCUT2D eigenvalue weighted by Crippen LogP contribution is 2.16. The Hall–Kier alpha value is -3.48. The number of rotatable bonds is 7. The standard InChI is InChI=1S/C23H26N4O3/c1-4-21-24-18-7-5-6-8-19(18)27(21)14-23(30)26-25-22(29)12-11-20(28)17-13-15(2)9-10-16(17)3/h5-10,13H,4,11-12,14H2,1-3H3,(H,25,29)(H,26,30). The summed E-state index contributed by atoms with van der Waals surface area (Å²) < 4.78 is 1.83. The number of aromatic nitrogens is 2. The van der Waals surface area contributed by atoms with Gasteiger partial charge in [-0.2, -0.15) is 0 Å². The zero-order chi connectivity index (χ0) is 21.7. The average Bonchev–Trinajstić information content (AvgIpc) is 3.09. The fraction of sp³-hybridized carbons (Fsp3) is 0.304. The number of nitrogens with one attached hydrogen (secondary N) is 2. The molecule has 7 nitrogen and oxygen atoms in total. The summed E-state index contributed by atoms with van der Waals surface area (Å²) in [5, 5.41) is 0. The molecule has 1 heterocycles. The molecule has 2 N–H and O–H groups in total. The van der Waals surface area contributed by atoms with Gasteiger partial charge in [-0.25, -0.2) is 4.98 Å². The van der Waals surface area contributed by atoms with Crippen LogP contribution in [-0.4, -0.2) is 27.1 Å². The van der Waals surface area contributed by atoms with E-state index in [0.717, 1.165) is 28.0 Å². The number of benzene rings is 2. The first-order valence-electron chi connectivity index (χ1n) is 10.0. The normalized spacial score (nSPS) is 10.8. The molecule has 0 saturated heterocycles. The summed E-state index contributed by atoms with van der Waals surface area (Å²) in [6, 6.07) is 13.3. The topological polar surface area (TPSA) is 93.1 Å². The number of hydrogen-bond acceptors (Lipinski definition) is 4. The smallest absolute Gasteiger partial charge is 0.258 e. The van der Waals surface area contributed by atoms with Crippen LogP contribution < -0.4 is 10.9 Å². The first kappa shape index (κ1) is 21.2. The van der Waals surface area contributed by atoms with Gasteiger partial charge in [0.2, 0.25) is 5.91 Å². The van der Waals surface area contributed by atoms with Gasteiger partial charge >= 0.3 is 0 Å². The molecule has 0 atom stereocenters. The van der Waals surface area contributed by atoms with Crippen molar-refractivity contribution < 1.29 is 14.4 Å². The first-order chi connectivity index (χ1) is 14.4. The molecule has 0 aliphatic rings. The Morgan fingerprint density at radius 2 is 1.70 bits per heavy atom. The van der Waals surface area contributed by atoms with E-state index in [-0.39, 0.29) is 31.1 Å². The molecule has 30 heavy (non-hydrogen) atoms. The van der Waals surface area contributed by atoms with Gasteiger partial charge < -0.3 is 4.57 Å². The summed E-state index contributed by atoms with van der Waals surface area (Å²) in [7, 11) is 0. The molecule has 0 aliphatic carbocycles. The number of ketones is 1. The number of Topliss-reactive ketones (excluding diaryl/α,β-unsaturated/α-hetero) is 1. The molecule has 0 spiro atoms. The summed E-state index contributed by atoms with van der Waals surface area (Å²) in [5.41, 5.74) is 9.03. The van der Waals surface area contributed by atoms with Gasteiger partial charge in [0.25, 0.3) is 5.91 Å². The van der Waals surface area contributed by atoms with E-state index in [1.54, 1.807) is 0 Å². The van der Waals surface area contributed by atoms with Gasteiger partial charge in [-0.1, -0.05) is 36.8 Å². The lowest BCUT2D eigenvalue weighted by Crippen LogP contribution is -2.43. The maximum atomic E-state index is 12.4. The van der Waals surface area contributed by atoms with Crippen LogP contribution in [0.5, 0.6) is 0 Å². The zero-order valence-electron chi connectivity index (χ0n) is 17.5. The molecule has 3 aromatic rings. The van der Waals surface area contributed by atoms with Crippen molar-refractivity contribution in [3.63, 3.8) is 0 Å². The Morgan fingerprint density at radius 1 is 0.967 bits per heavy atom. The summed E-state index contributed by atoms with van der Waals surface area (Å²) in [6.45, 7) is 5.82. The molecule has 0 bridgehead atoms. The second-order valence-electron chi connectivity index (χ2n) is 7.29. The Labute approximate surface area is 175 Å². The maximum Gasteiger partial charge on any atom is 0.258 e. The minimum absolute atomic E-state index is 0.000706. The Morgan fingerprint density at radius 3 is 2.47 bits per heavy atom. The second kappa shape index (κ2) is 9.35. The summed E-state index contributed by atoms with van der Waals surface area (Å²) in [5.74, 6) is -0.0535. The van der Waals surface area contributed by atoms with E-state index < -0.39 is 5.91 Å². The summed E-state index contributed by atoms with van der Waals surface area (Å²) in [6.07, 6.45) is 0.771. The fourth-order valence-corrected chi connectivity index (χ4v) is 3.35. The van der Waals surface area contributed by atoms with Crippen molar-refractivity contribution in [3.8, 4) is 0 Å². The van der Waals surface area contributed by atoms with Crippen molar-refractivity contribution in [1.29, 1.82) is 0 Å². The van der Waals surface area contributed by atoms with Crippen LogP contribution in [0.1, 0.15) is 47.1 Å². The Balaban J connectivity index is 1.52. The van der Waals surface area contributed by atoms with E-state index in [2.05, 4.69) is 15.8 Å². The van der Waals surface area contributed by atoms with Gasteiger partial charge in [-0.15, -0.1) is 0 Å². The number of aryl methyl sites for hydroxylation is 3. The lowest BCUT2D eigenvalue weighted by atomic mass is 9.99. The minimum atomic E-state index is -0.409. The van der Waals surface area contributed by atoms with Gasteiger partial charge in [0.1, 0.15) is 12.4 Å². The third kappa shape index (κ3) is 4.92. The third-order valence-corrected chi connectivity index (χ3v) is 4.97. The fourth-order valence-electron chi connectivity index (χ4n) is 3.35.